The van der Waals surface area contributed by atoms with Crippen molar-refractivity contribution in [2.75, 3.05) is 12.0 Å². The van der Waals surface area contributed by atoms with Crippen LogP contribution >= 0.6 is 23.5 Å². The van der Waals surface area contributed by atoms with Crippen molar-refractivity contribution in [3.8, 4) is 0 Å². The summed E-state index contributed by atoms with van der Waals surface area (Å²) in [7, 11) is 0. The Morgan fingerprint density at radius 1 is 1.23 bits per heavy atom. The van der Waals surface area contributed by atoms with Gasteiger partial charge in [0.25, 0.3) is 0 Å². The first-order valence-electron chi connectivity index (χ1n) is 4.47. The van der Waals surface area contributed by atoms with E-state index in [4.69, 9.17) is 0 Å². The molecule has 0 saturated heterocycles. The predicted molar refractivity (Wildman–Crippen MR) is 68.3 cm³/mol. The summed E-state index contributed by atoms with van der Waals surface area (Å²) < 4.78 is 0. The van der Waals surface area contributed by atoms with Gasteiger partial charge in [0.15, 0.2) is 0 Å². The first-order valence-corrected chi connectivity index (χ1v) is 6.80. The smallest absolute Gasteiger partial charge is 0.00231 e. The zero-order valence-electron chi connectivity index (χ0n) is 8.24. The average molecular weight is 214 g/mol. The third-order valence-corrected chi connectivity index (χ3v) is 2.73. The van der Waals surface area contributed by atoms with E-state index in [-0.39, 0.29) is 0 Å². The van der Waals surface area contributed by atoms with Crippen molar-refractivity contribution >= 4 is 23.5 Å². The Morgan fingerprint density at radius 2 is 2.08 bits per heavy atom. The standard InChI is InChI=1S/C11H18S2/c1-3-4-6-10-13-11-8-5-7-9-12-2/h3,6-7,9-10H,1,4-5,8,11H2,2H3/b9-7-,10-6?. The normalized spacial score (nSPS) is 11.5. The quantitative estimate of drug-likeness (QED) is 0.432. The first-order chi connectivity index (χ1) is 6.41. The SMILES string of the molecule is C=CCC=CSCCC/C=C\SC. The Bertz CT molecular complexity index is 159. The zero-order chi connectivity index (χ0) is 9.78. The highest BCUT2D eigenvalue weighted by atomic mass is 32.2. The van der Waals surface area contributed by atoms with E-state index in [2.05, 4.69) is 35.8 Å². The van der Waals surface area contributed by atoms with Crippen LogP contribution in [-0.4, -0.2) is 12.0 Å². The summed E-state index contributed by atoms with van der Waals surface area (Å²) in [5, 5.41) is 4.32. The summed E-state index contributed by atoms with van der Waals surface area (Å²) in [6.45, 7) is 3.66. The Labute approximate surface area is 90.6 Å². The molecule has 0 saturated carbocycles. The fraction of sp³-hybridized carbons (Fsp3) is 0.455. The molecule has 0 amide bonds. The Balaban J connectivity index is 3.07. The second-order valence-corrected chi connectivity index (χ2v) is 4.27. The summed E-state index contributed by atoms with van der Waals surface area (Å²) in [5.74, 6) is 1.21. The molecule has 0 nitrogen and oxygen atoms in total. The topological polar surface area (TPSA) is 0 Å². The molecule has 13 heavy (non-hydrogen) atoms. The number of unbranched alkanes of at least 4 members (excludes halogenated alkanes) is 1. The molecule has 0 aromatic heterocycles. The van der Waals surface area contributed by atoms with E-state index in [0.29, 0.717) is 0 Å². The number of allylic oxidation sites excluding steroid dienone is 3. The lowest BCUT2D eigenvalue weighted by atomic mass is 10.3. The van der Waals surface area contributed by atoms with Gasteiger partial charge < -0.3 is 0 Å². The molecule has 0 spiro atoms. The minimum absolute atomic E-state index is 0.985. The molecule has 0 unspecified atom stereocenters. The van der Waals surface area contributed by atoms with Gasteiger partial charge in [-0.2, -0.15) is 0 Å². The molecule has 0 atom stereocenters. The highest BCUT2D eigenvalue weighted by molar-refractivity contribution is 8.02. The third-order valence-electron chi connectivity index (χ3n) is 1.36. The molecule has 74 valence electrons. The molecule has 0 fully saturated rings. The van der Waals surface area contributed by atoms with Crippen molar-refractivity contribution in [3.05, 3.63) is 35.6 Å². The molecular weight excluding hydrogens is 196 g/mol. The Morgan fingerprint density at radius 3 is 2.77 bits per heavy atom. The molecule has 0 bridgehead atoms. The van der Waals surface area contributed by atoms with Crippen LogP contribution in [0.5, 0.6) is 0 Å². The van der Waals surface area contributed by atoms with E-state index >= 15 is 0 Å². The monoisotopic (exact) mass is 214 g/mol. The first kappa shape index (κ1) is 12.9. The molecule has 0 heterocycles. The molecule has 0 aliphatic heterocycles. The molecule has 0 N–H and O–H groups in total. The second kappa shape index (κ2) is 11.9. The van der Waals surface area contributed by atoms with E-state index in [9.17, 15) is 0 Å². The molecule has 0 rings (SSSR count). The van der Waals surface area contributed by atoms with Crippen LogP contribution in [0.4, 0.5) is 0 Å². The third kappa shape index (κ3) is 11.9. The van der Waals surface area contributed by atoms with Gasteiger partial charge in [-0.3, -0.25) is 0 Å². The maximum Gasteiger partial charge on any atom is -0.00231 e. The van der Waals surface area contributed by atoms with Crippen molar-refractivity contribution < 1.29 is 0 Å². The van der Waals surface area contributed by atoms with Gasteiger partial charge in [0.05, 0.1) is 0 Å². The molecule has 2 heteroatoms. The van der Waals surface area contributed by atoms with Gasteiger partial charge in [-0.15, -0.1) is 30.1 Å². The summed E-state index contributed by atoms with van der Waals surface area (Å²) in [6, 6.07) is 0. The minimum Gasteiger partial charge on any atom is -0.138 e. The number of rotatable bonds is 8. The van der Waals surface area contributed by atoms with Crippen molar-refractivity contribution in [2.24, 2.45) is 0 Å². The lowest BCUT2D eigenvalue weighted by Crippen LogP contribution is -1.74. The maximum absolute atomic E-state index is 3.66. The summed E-state index contributed by atoms with van der Waals surface area (Å²) in [6.07, 6.45) is 11.8. The van der Waals surface area contributed by atoms with Gasteiger partial charge in [0, 0.05) is 0 Å². The van der Waals surface area contributed by atoms with Gasteiger partial charge in [-0.25, -0.2) is 0 Å². The van der Waals surface area contributed by atoms with Crippen molar-refractivity contribution in [2.45, 2.75) is 19.3 Å². The average Bonchev–Trinajstić information content (AvgIpc) is 2.16. The zero-order valence-corrected chi connectivity index (χ0v) is 9.87. The van der Waals surface area contributed by atoms with Gasteiger partial charge in [-0.1, -0.05) is 18.2 Å². The largest absolute Gasteiger partial charge is 0.138 e. The molecule has 0 aliphatic carbocycles. The number of thioether (sulfide) groups is 2. The second-order valence-electron chi connectivity index (χ2n) is 2.52. The van der Waals surface area contributed by atoms with E-state index in [1.807, 2.05) is 17.8 Å². The highest BCUT2D eigenvalue weighted by Gasteiger charge is 1.82. The molecule has 0 radical (unpaired) electrons. The predicted octanol–water partition coefficient (Wildman–Crippen LogP) is 4.47. The van der Waals surface area contributed by atoms with E-state index in [1.54, 1.807) is 11.8 Å². The Kier molecular flexibility index (Phi) is 11.8. The van der Waals surface area contributed by atoms with Crippen LogP contribution in [0.1, 0.15) is 19.3 Å². The summed E-state index contributed by atoms with van der Waals surface area (Å²) in [5.41, 5.74) is 0. The number of hydrogen-bond donors (Lipinski definition) is 0. The molecule has 0 aromatic carbocycles. The summed E-state index contributed by atoms with van der Waals surface area (Å²) >= 11 is 3.65. The van der Waals surface area contributed by atoms with Crippen molar-refractivity contribution in [3.63, 3.8) is 0 Å². The molecule has 0 aromatic rings. The van der Waals surface area contributed by atoms with Gasteiger partial charge in [0.2, 0.25) is 0 Å². The van der Waals surface area contributed by atoms with E-state index < -0.39 is 0 Å². The van der Waals surface area contributed by atoms with Crippen molar-refractivity contribution in [1.29, 1.82) is 0 Å². The fourth-order valence-corrected chi connectivity index (χ4v) is 1.78. The molecular formula is C11H18S2. The maximum atomic E-state index is 3.66. The van der Waals surface area contributed by atoms with Crippen LogP contribution in [0.25, 0.3) is 0 Å². The van der Waals surface area contributed by atoms with Crippen LogP contribution in [-0.2, 0) is 0 Å². The summed E-state index contributed by atoms with van der Waals surface area (Å²) in [4.78, 5) is 0. The van der Waals surface area contributed by atoms with Crippen LogP contribution in [0, 0.1) is 0 Å². The van der Waals surface area contributed by atoms with Crippen LogP contribution in [0.3, 0.4) is 0 Å². The van der Waals surface area contributed by atoms with Gasteiger partial charge in [0.1, 0.15) is 0 Å². The highest BCUT2D eigenvalue weighted by Crippen LogP contribution is 2.07. The van der Waals surface area contributed by atoms with Crippen LogP contribution in [0.15, 0.2) is 35.6 Å². The van der Waals surface area contributed by atoms with Crippen molar-refractivity contribution in [1.82, 2.24) is 0 Å². The lowest BCUT2D eigenvalue weighted by Gasteiger charge is -1.92. The Hall–Kier alpha value is -0.0800. The van der Waals surface area contributed by atoms with Gasteiger partial charge in [-0.05, 0) is 42.1 Å². The lowest BCUT2D eigenvalue weighted by molar-refractivity contribution is 0.975. The van der Waals surface area contributed by atoms with Crippen LogP contribution in [0.2, 0.25) is 0 Å². The van der Waals surface area contributed by atoms with Crippen LogP contribution < -0.4 is 0 Å². The fourth-order valence-electron chi connectivity index (χ4n) is 0.737. The van der Waals surface area contributed by atoms with Gasteiger partial charge >= 0.3 is 0 Å². The molecule has 0 aliphatic rings. The minimum atomic E-state index is 0.985. The van der Waals surface area contributed by atoms with E-state index in [1.165, 1.54) is 18.6 Å². The van der Waals surface area contributed by atoms with E-state index in [0.717, 1.165) is 6.42 Å². The number of hydrogen-bond acceptors (Lipinski definition) is 2.